The molecule has 2 aliphatic carbocycles. The lowest BCUT2D eigenvalue weighted by Crippen LogP contribution is -2.34. The second-order valence-electron chi connectivity index (χ2n) is 9.37. The van der Waals surface area contributed by atoms with Crippen molar-refractivity contribution in [3.05, 3.63) is 101 Å². The summed E-state index contributed by atoms with van der Waals surface area (Å²) in [6.07, 6.45) is 2.92. The largest absolute Gasteiger partial charge is 0.455 e. The number of benzene rings is 4. The number of hydrogen-bond donors (Lipinski definition) is 1. The van der Waals surface area contributed by atoms with Crippen LogP contribution in [0.1, 0.15) is 45.9 Å². The van der Waals surface area contributed by atoms with Gasteiger partial charge in [-0.1, -0.05) is 72.8 Å². The van der Waals surface area contributed by atoms with E-state index in [2.05, 4.69) is 11.4 Å². The number of rotatable bonds is 6. The van der Waals surface area contributed by atoms with Gasteiger partial charge in [0.25, 0.3) is 5.91 Å². The highest BCUT2D eigenvalue weighted by Crippen LogP contribution is 2.42. The molecule has 4 aromatic rings. The molecule has 5 nitrogen and oxygen atoms in total. The number of carbonyl (C=O) groups is 3. The third kappa shape index (κ3) is 4.42. The first-order chi connectivity index (χ1) is 18.1. The highest BCUT2D eigenvalue weighted by Gasteiger charge is 2.26. The van der Waals surface area contributed by atoms with Gasteiger partial charge in [-0.3, -0.25) is 14.4 Å². The summed E-state index contributed by atoms with van der Waals surface area (Å²) in [7, 11) is 0. The molecule has 2 aliphatic rings. The van der Waals surface area contributed by atoms with E-state index in [0.717, 1.165) is 51.6 Å². The van der Waals surface area contributed by atoms with Crippen LogP contribution in [0.4, 0.5) is 0 Å². The Bertz CT molecular complexity index is 1560. The van der Waals surface area contributed by atoms with Crippen LogP contribution in [-0.4, -0.2) is 30.0 Å². The minimum absolute atomic E-state index is 0.0156. The van der Waals surface area contributed by atoms with Gasteiger partial charge in [-0.05, 0) is 53.0 Å². The number of ketones is 1. The van der Waals surface area contributed by atoms with Crippen LogP contribution in [0.3, 0.4) is 0 Å². The summed E-state index contributed by atoms with van der Waals surface area (Å²) in [5, 5.41) is 4.86. The molecule has 37 heavy (non-hydrogen) atoms. The molecule has 0 heterocycles. The molecule has 0 aliphatic heterocycles. The van der Waals surface area contributed by atoms with E-state index in [-0.39, 0.29) is 30.1 Å². The number of nitrogens with one attached hydrogen (secondary N) is 1. The lowest BCUT2D eigenvalue weighted by atomic mass is 9.83. The van der Waals surface area contributed by atoms with Crippen molar-refractivity contribution in [3.8, 4) is 11.1 Å². The van der Waals surface area contributed by atoms with Gasteiger partial charge in [0.1, 0.15) is 0 Å². The SMILES string of the molecule is O=C(COC(=O)CSc1ccc2c3c(cccc13)C(=O)c1ccccc1-2)NC1CCCc2ccccc21. The molecule has 184 valence electrons. The predicted molar refractivity (Wildman–Crippen MR) is 145 cm³/mol. The Balaban J connectivity index is 1.11. The van der Waals surface area contributed by atoms with Crippen molar-refractivity contribution in [2.75, 3.05) is 12.4 Å². The Morgan fingerprint density at radius 1 is 0.865 bits per heavy atom. The quantitative estimate of drug-likeness (QED) is 0.230. The van der Waals surface area contributed by atoms with Crippen molar-refractivity contribution >= 4 is 40.2 Å². The molecule has 0 bridgehead atoms. The van der Waals surface area contributed by atoms with Gasteiger partial charge in [-0.2, -0.15) is 0 Å². The molecule has 0 saturated heterocycles. The van der Waals surface area contributed by atoms with Gasteiger partial charge in [0.05, 0.1) is 11.8 Å². The number of esters is 1. The number of ether oxygens (including phenoxy) is 1. The number of aryl methyl sites for hydroxylation is 1. The standard InChI is InChI=1S/C31H25NO4S/c33-28(32-26-14-5-8-19-7-1-2-9-20(19)26)17-36-29(34)18-37-27-16-15-22-21-10-3-4-11-23(21)31(35)25-13-6-12-24(27)30(22)25/h1-4,6-7,9-13,15-16,26H,5,8,14,17-18H2,(H,32,33). The third-order valence-electron chi connectivity index (χ3n) is 7.12. The smallest absolute Gasteiger partial charge is 0.316 e. The Kier molecular flexibility index (Phi) is 6.26. The van der Waals surface area contributed by atoms with Crippen LogP contribution in [-0.2, 0) is 20.7 Å². The van der Waals surface area contributed by atoms with Crippen LogP contribution >= 0.6 is 11.8 Å². The van der Waals surface area contributed by atoms with E-state index in [1.54, 1.807) is 0 Å². The number of fused-ring (bicyclic) bond motifs is 3. The van der Waals surface area contributed by atoms with E-state index < -0.39 is 5.97 Å². The molecular formula is C31H25NO4S. The zero-order valence-electron chi connectivity index (χ0n) is 20.2. The molecule has 6 heteroatoms. The first-order valence-electron chi connectivity index (χ1n) is 12.5. The fourth-order valence-corrected chi connectivity index (χ4v) is 6.29. The van der Waals surface area contributed by atoms with Gasteiger partial charge in [0.2, 0.25) is 0 Å². The Morgan fingerprint density at radius 2 is 1.65 bits per heavy atom. The number of thioether (sulfide) groups is 1. The Hall–Kier alpha value is -3.90. The molecule has 4 aromatic carbocycles. The average Bonchev–Trinajstić information content (AvgIpc) is 2.94. The molecular weight excluding hydrogens is 482 g/mol. The molecule has 0 spiro atoms. The van der Waals surface area contributed by atoms with E-state index in [1.807, 2.05) is 72.8 Å². The van der Waals surface area contributed by atoms with E-state index in [9.17, 15) is 14.4 Å². The summed E-state index contributed by atoms with van der Waals surface area (Å²) in [4.78, 5) is 39.0. The molecule has 0 aromatic heterocycles. The summed E-state index contributed by atoms with van der Waals surface area (Å²) in [6, 6.07) is 25.5. The van der Waals surface area contributed by atoms with Crippen LogP contribution in [0.5, 0.6) is 0 Å². The fraction of sp³-hybridized carbons (Fsp3) is 0.194. The van der Waals surface area contributed by atoms with Gasteiger partial charge < -0.3 is 10.1 Å². The highest BCUT2D eigenvalue weighted by atomic mass is 32.2. The highest BCUT2D eigenvalue weighted by molar-refractivity contribution is 8.00. The maximum absolute atomic E-state index is 13.1. The van der Waals surface area contributed by atoms with Gasteiger partial charge in [-0.15, -0.1) is 11.8 Å². The van der Waals surface area contributed by atoms with Gasteiger partial charge in [0.15, 0.2) is 12.4 Å². The maximum atomic E-state index is 13.1. The second kappa shape index (κ2) is 9.87. The van der Waals surface area contributed by atoms with Crippen molar-refractivity contribution in [3.63, 3.8) is 0 Å². The second-order valence-corrected chi connectivity index (χ2v) is 10.4. The van der Waals surface area contributed by atoms with Crippen LogP contribution in [0.15, 0.2) is 83.8 Å². The number of amides is 1. The zero-order valence-corrected chi connectivity index (χ0v) is 21.0. The van der Waals surface area contributed by atoms with Crippen molar-refractivity contribution < 1.29 is 19.1 Å². The minimum Gasteiger partial charge on any atom is -0.455 e. The molecule has 0 saturated carbocycles. The monoisotopic (exact) mass is 507 g/mol. The first kappa shape index (κ1) is 23.5. The van der Waals surface area contributed by atoms with Crippen molar-refractivity contribution in [1.29, 1.82) is 0 Å². The average molecular weight is 508 g/mol. The van der Waals surface area contributed by atoms with Crippen LogP contribution in [0.2, 0.25) is 0 Å². The third-order valence-corrected chi connectivity index (χ3v) is 8.17. The molecule has 1 N–H and O–H groups in total. The summed E-state index contributed by atoms with van der Waals surface area (Å²) in [5.74, 6) is -0.658. The van der Waals surface area contributed by atoms with Crippen molar-refractivity contribution in [2.24, 2.45) is 0 Å². The Labute approximate surface area is 219 Å². The maximum Gasteiger partial charge on any atom is 0.316 e. The summed E-state index contributed by atoms with van der Waals surface area (Å²) in [5.41, 5.74) is 5.75. The van der Waals surface area contributed by atoms with Gasteiger partial charge >= 0.3 is 5.97 Å². The molecule has 1 atom stereocenters. The lowest BCUT2D eigenvalue weighted by Gasteiger charge is -2.26. The summed E-state index contributed by atoms with van der Waals surface area (Å²) < 4.78 is 5.28. The topological polar surface area (TPSA) is 72.5 Å². The zero-order chi connectivity index (χ0) is 25.4. The fourth-order valence-electron chi connectivity index (χ4n) is 5.44. The Morgan fingerprint density at radius 3 is 2.54 bits per heavy atom. The predicted octanol–water partition coefficient (Wildman–Crippen LogP) is 5.88. The molecule has 1 amide bonds. The van der Waals surface area contributed by atoms with Crippen molar-refractivity contribution in [1.82, 2.24) is 5.32 Å². The van der Waals surface area contributed by atoms with E-state index in [1.165, 1.54) is 17.3 Å². The molecule has 6 rings (SSSR count). The number of carbonyl (C=O) groups excluding carboxylic acids is 3. The summed E-state index contributed by atoms with van der Waals surface area (Å²) >= 11 is 1.35. The normalized spacial score (nSPS) is 15.6. The van der Waals surface area contributed by atoms with E-state index in [4.69, 9.17) is 4.74 Å². The molecule has 0 fully saturated rings. The minimum atomic E-state index is -0.453. The van der Waals surface area contributed by atoms with Crippen molar-refractivity contribution in [2.45, 2.75) is 30.2 Å². The van der Waals surface area contributed by atoms with Crippen LogP contribution in [0, 0.1) is 0 Å². The lowest BCUT2D eigenvalue weighted by molar-refractivity contribution is -0.146. The first-order valence-corrected chi connectivity index (χ1v) is 13.4. The van der Waals surface area contributed by atoms with E-state index >= 15 is 0 Å². The number of hydrogen-bond acceptors (Lipinski definition) is 5. The summed E-state index contributed by atoms with van der Waals surface area (Å²) in [6.45, 7) is -0.298. The van der Waals surface area contributed by atoms with Crippen LogP contribution < -0.4 is 5.32 Å². The van der Waals surface area contributed by atoms with E-state index in [0.29, 0.717) is 11.1 Å². The van der Waals surface area contributed by atoms with Gasteiger partial charge in [0, 0.05) is 21.4 Å². The van der Waals surface area contributed by atoms with Crippen LogP contribution in [0.25, 0.3) is 21.9 Å². The van der Waals surface area contributed by atoms with Gasteiger partial charge in [-0.25, -0.2) is 0 Å². The molecule has 1 unspecified atom stereocenters. The molecule has 0 radical (unpaired) electrons.